The van der Waals surface area contributed by atoms with Crippen molar-refractivity contribution >= 4 is 17.8 Å². The van der Waals surface area contributed by atoms with E-state index < -0.39 is 60.3 Å². The van der Waals surface area contributed by atoms with Crippen LogP contribution in [0.5, 0.6) is 5.75 Å². The summed E-state index contributed by atoms with van der Waals surface area (Å²) < 4.78 is 5.65. The molecule has 3 heterocycles. The standard InChI is InChI=1S/C27H37N5O7/c1-5-14(2)20-27(38)39-16(4)21(32-26(37)22-19(33)9-7-11-29-22)25(36)30-18(12-17-8-6-10-28-13-17)23(34)15(3)24(35)31-20/h6-11,13-16,18,20-21,23,25,30,33-34,36H,5,12H2,1-4H3,(H,31,35)(H,32,37). The third-order valence-electron chi connectivity index (χ3n) is 7.11. The molecule has 1 aliphatic heterocycles. The molecular weight excluding hydrogens is 506 g/mol. The zero-order chi connectivity index (χ0) is 28.7. The molecule has 0 spiro atoms. The fraction of sp³-hybridized carbons (Fsp3) is 0.519. The molecule has 12 nitrogen and oxygen atoms in total. The molecule has 0 radical (unpaired) electrons. The first-order valence-corrected chi connectivity index (χ1v) is 13.0. The van der Waals surface area contributed by atoms with Crippen molar-refractivity contribution in [1.29, 1.82) is 0 Å². The van der Waals surface area contributed by atoms with Crippen LogP contribution in [0.4, 0.5) is 0 Å². The summed E-state index contributed by atoms with van der Waals surface area (Å²) in [5.41, 5.74) is 0.455. The first kappa shape index (κ1) is 29.9. The van der Waals surface area contributed by atoms with E-state index in [-0.39, 0.29) is 23.8 Å². The quantitative estimate of drug-likeness (QED) is 0.277. The number of carbonyl (C=O) groups is 3. The van der Waals surface area contributed by atoms with Gasteiger partial charge in [0.15, 0.2) is 5.69 Å². The number of aromatic nitrogens is 2. The topological polar surface area (TPSA) is 183 Å². The molecule has 2 aromatic rings. The number of esters is 1. The molecular formula is C27H37N5O7. The van der Waals surface area contributed by atoms with Gasteiger partial charge in [0.2, 0.25) is 5.91 Å². The predicted molar refractivity (Wildman–Crippen MR) is 140 cm³/mol. The van der Waals surface area contributed by atoms with Gasteiger partial charge in [-0.1, -0.05) is 33.3 Å². The third-order valence-corrected chi connectivity index (χ3v) is 7.11. The van der Waals surface area contributed by atoms with Crippen molar-refractivity contribution in [1.82, 2.24) is 25.9 Å². The Balaban J connectivity index is 1.99. The number of aliphatic hydroxyl groups is 2. The normalized spacial score (nSPS) is 29.2. The van der Waals surface area contributed by atoms with Crippen molar-refractivity contribution in [3.63, 3.8) is 0 Å². The lowest BCUT2D eigenvalue weighted by Gasteiger charge is -2.37. The number of cyclic esters (lactones) is 1. The molecule has 8 unspecified atom stereocenters. The molecule has 39 heavy (non-hydrogen) atoms. The monoisotopic (exact) mass is 543 g/mol. The zero-order valence-corrected chi connectivity index (χ0v) is 22.4. The van der Waals surface area contributed by atoms with Gasteiger partial charge in [-0.05, 0) is 43.0 Å². The largest absolute Gasteiger partial charge is 0.505 e. The van der Waals surface area contributed by atoms with Crippen LogP contribution in [0, 0.1) is 11.8 Å². The molecule has 0 aromatic carbocycles. The molecule has 0 saturated carbocycles. The van der Waals surface area contributed by atoms with Crippen LogP contribution in [0.1, 0.15) is 50.2 Å². The lowest BCUT2D eigenvalue weighted by Crippen LogP contribution is -2.63. The second-order valence-electron chi connectivity index (χ2n) is 9.95. The molecule has 0 aliphatic carbocycles. The minimum atomic E-state index is -1.55. The van der Waals surface area contributed by atoms with E-state index in [2.05, 4.69) is 25.9 Å². The SMILES string of the molecule is CCC(C)C1NC(=O)C(C)C(O)C(Cc2cccnc2)NC(O)C(NC(=O)c2ncccc2O)C(C)OC1=O. The van der Waals surface area contributed by atoms with Crippen LogP contribution in [0.2, 0.25) is 0 Å². The number of nitrogens with one attached hydrogen (secondary N) is 3. The fourth-order valence-electron chi connectivity index (χ4n) is 4.41. The Hall–Kier alpha value is -3.61. The molecule has 1 fully saturated rings. The maximum atomic E-state index is 13.2. The third kappa shape index (κ3) is 7.49. The van der Waals surface area contributed by atoms with Gasteiger partial charge >= 0.3 is 5.97 Å². The second-order valence-corrected chi connectivity index (χ2v) is 9.95. The second kappa shape index (κ2) is 13.5. The van der Waals surface area contributed by atoms with Crippen molar-refractivity contribution in [2.75, 3.05) is 0 Å². The number of hydrogen-bond acceptors (Lipinski definition) is 10. The Bertz CT molecular complexity index is 1130. The average Bonchev–Trinajstić information content (AvgIpc) is 2.92. The molecule has 1 aliphatic rings. The van der Waals surface area contributed by atoms with E-state index in [4.69, 9.17) is 4.74 Å². The van der Waals surface area contributed by atoms with Crippen LogP contribution < -0.4 is 16.0 Å². The van der Waals surface area contributed by atoms with E-state index in [1.165, 1.54) is 32.2 Å². The van der Waals surface area contributed by atoms with Crippen LogP contribution >= 0.6 is 0 Å². The van der Waals surface area contributed by atoms with E-state index in [1.807, 2.05) is 6.92 Å². The molecule has 0 bridgehead atoms. The molecule has 2 aromatic heterocycles. The Kier molecular flexibility index (Phi) is 10.3. The van der Waals surface area contributed by atoms with Gasteiger partial charge in [-0.25, -0.2) is 9.78 Å². The molecule has 2 amide bonds. The summed E-state index contributed by atoms with van der Waals surface area (Å²) in [4.78, 5) is 47.3. The summed E-state index contributed by atoms with van der Waals surface area (Å²) in [6.45, 7) is 6.67. The molecule has 8 atom stereocenters. The van der Waals surface area contributed by atoms with Crippen molar-refractivity contribution < 1.29 is 34.4 Å². The minimum Gasteiger partial charge on any atom is -0.505 e. The number of pyridine rings is 2. The highest BCUT2D eigenvalue weighted by molar-refractivity contribution is 5.95. The van der Waals surface area contributed by atoms with Crippen LogP contribution in [0.15, 0.2) is 42.9 Å². The lowest BCUT2D eigenvalue weighted by atomic mass is 9.90. The maximum Gasteiger partial charge on any atom is 0.329 e. The summed E-state index contributed by atoms with van der Waals surface area (Å²) in [6, 6.07) is 3.16. The van der Waals surface area contributed by atoms with Crippen molar-refractivity contribution in [2.45, 2.75) is 77.1 Å². The fourth-order valence-corrected chi connectivity index (χ4v) is 4.41. The van der Waals surface area contributed by atoms with Gasteiger partial charge in [-0.2, -0.15) is 0 Å². The molecule has 3 rings (SSSR count). The number of aliphatic hydroxyl groups excluding tert-OH is 2. The van der Waals surface area contributed by atoms with Gasteiger partial charge in [0.1, 0.15) is 30.2 Å². The summed E-state index contributed by atoms with van der Waals surface area (Å²) in [7, 11) is 0. The number of ether oxygens (including phenoxy) is 1. The van der Waals surface area contributed by atoms with Gasteiger partial charge in [0.25, 0.3) is 5.91 Å². The van der Waals surface area contributed by atoms with Crippen LogP contribution in [-0.4, -0.2) is 79.6 Å². The van der Waals surface area contributed by atoms with Gasteiger partial charge in [-0.3, -0.25) is 19.9 Å². The van der Waals surface area contributed by atoms with Crippen molar-refractivity contribution in [3.05, 3.63) is 54.1 Å². The lowest BCUT2D eigenvalue weighted by molar-refractivity contribution is -0.158. The number of nitrogens with zero attached hydrogens (tertiary/aromatic N) is 2. The molecule has 1 saturated heterocycles. The Labute approximate surface area is 227 Å². The minimum absolute atomic E-state index is 0.189. The maximum absolute atomic E-state index is 13.2. The van der Waals surface area contributed by atoms with E-state index >= 15 is 0 Å². The summed E-state index contributed by atoms with van der Waals surface area (Å²) in [5, 5.41) is 40.9. The van der Waals surface area contributed by atoms with Crippen molar-refractivity contribution in [3.8, 4) is 5.75 Å². The Morgan fingerprint density at radius 2 is 1.90 bits per heavy atom. The van der Waals surface area contributed by atoms with E-state index in [0.717, 1.165) is 5.56 Å². The van der Waals surface area contributed by atoms with Gasteiger partial charge in [0, 0.05) is 24.6 Å². The smallest absolute Gasteiger partial charge is 0.329 e. The van der Waals surface area contributed by atoms with Crippen LogP contribution in [-0.2, 0) is 20.7 Å². The van der Waals surface area contributed by atoms with E-state index in [0.29, 0.717) is 6.42 Å². The highest BCUT2D eigenvalue weighted by atomic mass is 16.5. The number of aromatic hydroxyl groups is 1. The van der Waals surface area contributed by atoms with Crippen molar-refractivity contribution in [2.24, 2.45) is 11.8 Å². The van der Waals surface area contributed by atoms with Gasteiger partial charge < -0.3 is 30.7 Å². The summed E-state index contributed by atoms with van der Waals surface area (Å²) in [5.74, 6) is -3.73. The van der Waals surface area contributed by atoms with Gasteiger partial charge in [0.05, 0.1) is 12.0 Å². The Morgan fingerprint density at radius 1 is 1.18 bits per heavy atom. The van der Waals surface area contributed by atoms with E-state index in [9.17, 15) is 29.7 Å². The first-order valence-electron chi connectivity index (χ1n) is 13.0. The number of hydrogen-bond donors (Lipinski definition) is 6. The average molecular weight is 544 g/mol. The predicted octanol–water partition coefficient (Wildman–Crippen LogP) is 0.273. The highest BCUT2D eigenvalue weighted by Crippen LogP contribution is 2.20. The van der Waals surface area contributed by atoms with E-state index in [1.54, 1.807) is 31.5 Å². The number of rotatable bonds is 6. The van der Waals surface area contributed by atoms with Gasteiger partial charge in [-0.15, -0.1) is 0 Å². The highest BCUT2D eigenvalue weighted by Gasteiger charge is 2.40. The summed E-state index contributed by atoms with van der Waals surface area (Å²) >= 11 is 0. The number of carbonyl (C=O) groups excluding carboxylic acids is 3. The Morgan fingerprint density at radius 3 is 2.54 bits per heavy atom. The summed E-state index contributed by atoms with van der Waals surface area (Å²) in [6.07, 6.45) is 1.35. The molecule has 212 valence electrons. The van der Waals surface area contributed by atoms with Crippen LogP contribution in [0.3, 0.4) is 0 Å². The zero-order valence-electron chi connectivity index (χ0n) is 22.4. The molecule has 12 heteroatoms. The first-order chi connectivity index (χ1) is 18.5. The molecule has 6 N–H and O–H groups in total. The number of amides is 2. The van der Waals surface area contributed by atoms with Crippen LogP contribution in [0.25, 0.3) is 0 Å².